The molecule has 29 heavy (non-hydrogen) atoms. The highest BCUT2D eigenvalue weighted by Crippen LogP contribution is 2.28. The standard InChI is InChI=1S/C22H22N4O3/c1-14-6-5-10-23-21(14)25-19(27)13-29-22(28)20-15-7-3-4-8-17(15)24-18-9-11-26(2)12-16(18)20/h3-8,10H,9,11-13H2,1-2H3,(H,23,25,27). The zero-order valence-corrected chi connectivity index (χ0v) is 16.4. The number of amides is 1. The van der Waals surface area contributed by atoms with Crippen LogP contribution in [-0.4, -0.2) is 46.9 Å². The molecule has 0 spiro atoms. The molecule has 0 saturated heterocycles. The summed E-state index contributed by atoms with van der Waals surface area (Å²) in [4.78, 5) is 36.3. The van der Waals surface area contributed by atoms with E-state index in [2.05, 4.69) is 15.2 Å². The van der Waals surface area contributed by atoms with Crippen LogP contribution < -0.4 is 5.32 Å². The molecule has 1 aliphatic heterocycles. The van der Waals surface area contributed by atoms with E-state index in [1.807, 2.05) is 44.3 Å². The lowest BCUT2D eigenvalue weighted by molar-refractivity contribution is -0.119. The monoisotopic (exact) mass is 390 g/mol. The molecule has 148 valence electrons. The highest BCUT2D eigenvalue weighted by molar-refractivity contribution is 6.06. The van der Waals surface area contributed by atoms with E-state index in [1.54, 1.807) is 12.3 Å². The predicted molar refractivity (Wildman–Crippen MR) is 110 cm³/mol. The van der Waals surface area contributed by atoms with E-state index in [9.17, 15) is 9.59 Å². The first kappa shape index (κ1) is 19.0. The average Bonchev–Trinajstić information content (AvgIpc) is 2.72. The second-order valence-electron chi connectivity index (χ2n) is 7.21. The van der Waals surface area contributed by atoms with Gasteiger partial charge in [-0.2, -0.15) is 0 Å². The zero-order chi connectivity index (χ0) is 20.4. The van der Waals surface area contributed by atoms with Gasteiger partial charge in [-0.05, 0) is 31.7 Å². The molecule has 0 atom stereocenters. The Labute approximate surface area is 168 Å². The number of hydrogen-bond donors (Lipinski definition) is 1. The summed E-state index contributed by atoms with van der Waals surface area (Å²) in [6.07, 6.45) is 2.37. The Bertz CT molecular complexity index is 1100. The van der Waals surface area contributed by atoms with E-state index in [1.165, 1.54) is 0 Å². The van der Waals surface area contributed by atoms with Crippen LogP contribution in [0.2, 0.25) is 0 Å². The van der Waals surface area contributed by atoms with Crippen LogP contribution in [0.4, 0.5) is 5.82 Å². The van der Waals surface area contributed by atoms with Crippen LogP contribution in [0.15, 0.2) is 42.6 Å². The van der Waals surface area contributed by atoms with Crippen molar-refractivity contribution in [2.45, 2.75) is 19.9 Å². The Hall–Kier alpha value is -3.32. The van der Waals surface area contributed by atoms with Crippen molar-refractivity contribution in [2.75, 3.05) is 25.5 Å². The van der Waals surface area contributed by atoms with E-state index in [-0.39, 0.29) is 6.61 Å². The molecule has 0 saturated carbocycles. The summed E-state index contributed by atoms with van der Waals surface area (Å²) in [6.45, 7) is 2.98. The average molecular weight is 390 g/mol. The third-order valence-electron chi connectivity index (χ3n) is 5.04. The first-order valence-electron chi connectivity index (χ1n) is 9.50. The molecule has 7 nitrogen and oxygen atoms in total. The number of para-hydroxylation sites is 1. The molecular formula is C22H22N4O3. The first-order valence-corrected chi connectivity index (χ1v) is 9.50. The second kappa shape index (κ2) is 7.97. The molecule has 1 N–H and O–H groups in total. The van der Waals surface area contributed by atoms with Gasteiger partial charge in [0.25, 0.3) is 5.91 Å². The summed E-state index contributed by atoms with van der Waals surface area (Å²) in [5, 5.41) is 3.42. The number of benzene rings is 1. The number of nitrogens with one attached hydrogen (secondary N) is 1. The molecule has 1 aromatic carbocycles. The number of pyridine rings is 2. The van der Waals surface area contributed by atoms with E-state index >= 15 is 0 Å². The van der Waals surface area contributed by atoms with Crippen LogP contribution in [0.25, 0.3) is 10.9 Å². The highest BCUT2D eigenvalue weighted by Gasteiger charge is 2.25. The summed E-state index contributed by atoms with van der Waals surface area (Å²) in [5.41, 5.74) is 3.89. The molecule has 0 fully saturated rings. The molecule has 0 unspecified atom stereocenters. The third kappa shape index (κ3) is 3.95. The Morgan fingerprint density at radius 2 is 2.03 bits per heavy atom. The number of aromatic nitrogens is 2. The van der Waals surface area contributed by atoms with E-state index in [0.29, 0.717) is 17.9 Å². The lowest BCUT2D eigenvalue weighted by Gasteiger charge is -2.26. The lowest BCUT2D eigenvalue weighted by Crippen LogP contribution is -2.30. The van der Waals surface area contributed by atoms with Crippen LogP contribution in [0, 0.1) is 6.92 Å². The number of ether oxygens (including phenoxy) is 1. The van der Waals surface area contributed by atoms with E-state index in [0.717, 1.165) is 40.7 Å². The number of carbonyl (C=O) groups is 2. The Morgan fingerprint density at radius 3 is 2.86 bits per heavy atom. The van der Waals surface area contributed by atoms with Gasteiger partial charge in [0.1, 0.15) is 5.82 Å². The lowest BCUT2D eigenvalue weighted by atomic mass is 9.96. The number of fused-ring (bicyclic) bond motifs is 2. The molecule has 4 rings (SSSR count). The fourth-order valence-electron chi connectivity index (χ4n) is 3.55. The molecule has 0 aliphatic carbocycles. The van der Waals surface area contributed by atoms with Gasteiger partial charge in [-0.3, -0.25) is 9.78 Å². The minimum Gasteiger partial charge on any atom is -0.452 e. The van der Waals surface area contributed by atoms with Crippen LogP contribution in [-0.2, 0) is 22.5 Å². The van der Waals surface area contributed by atoms with E-state index in [4.69, 9.17) is 9.72 Å². The number of hydrogen-bond acceptors (Lipinski definition) is 6. The van der Waals surface area contributed by atoms with Gasteiger partial charge < -0.3 is 15.0 Å². The van der Waals surface area contributed by atoms with Crippen LogP contribution in [0.5, 0.6) is 0 Å². The van der Waals surface area contributed by atoms with Gasteiger partial charge in [-0.25, -0.2) is 9.78 Å². The van der Waals surface area contributed by atoms with Gasteiger partial charge >= 0.3 is 5.97 Å². The SMILES string of the molecule is Cc1cccnc1NC(=O)COC(=O)c1c2c(nc3ccccc13)CCN(C)C2. The summed E-state index contributed by atoms with van der Waals surface area (Å²) < 4.78 is 5.39. The molecule has 7 heteroatoms. The Kier molecular flexibility index (Phi) is 5.22. The molecule has 3 heterocycles. The zero-order valence-electron chi connectivity index (χ0n) is 16.4. The number of esters is 1. The van der Waals surface area contributed by atoms with Crippen molar-refractivity contribution in [3.8, 4) is 0 Å². The molecule has 2 aromatic heterocycles. The molecule has 1 aliphatic rings. The van der Waals surface area contributed by atoms with Crippen LogP contribution in [0.3, 0.4) is 0 Å². The van der Waals surface area contributed by atoms with Crippen molar-refractivity contribution in [1.29, 1.82) is 0 Å². The van der Waals surface area contributed by atoms with Gasteiger partial charge in [0.05, 0.1) is 11.1 Å². The molecule has 0 bridgehead atoms. The van der Waals surface area contributed by atoms with E-state index < -0.39 is 11.9 Å². The number of carbonyl (C=O) groups excluding carboxylic acids is 2. The highest BCUT2D eigenvalue weighted by atomic mass is 16.5. The van der Waals surface area contributed by atoms with Crippen molar-refractivity contribution < 1.29 is 14.3 Å². The van der Waals surface area contributed by atoms with Crippen molar-refractivity contribution >= 4 is 28.6 Å². The summed E-state index contributed by atoms with van der Waals surface area (Å²) in [7, 11) is 2.01. The first-order chi connectivity index (χ1) is 14.0. The fourth-order valence-corrected chi connectivity index (χ4v) is 3.55. The van der Waals surface area contributed by atoms with Crippen LogP contribution in [0.1, 0.15) is 27.2 Å². The maximum Gasteiger partial charge on any atom is 0.339 e. The van der Waals surface area contributed by atoms with Gasteiger partial charge in [0, 0.05) is 42.4 Å². The second-order valence-corrected chi connectivity index (χ2v) is 7.21. The van der Waals surface area contributed by atoms with Crippen LogP contribution >= 0.6 is 0 Å². The topological polar surface area (TPSA) is 84.4 Å². The fraction of sp³-hybridized carbons (Fsp3) is 0.273. The van der Waals surface area contributed by atoms with Gasteiger partial charge in [0.15, 0.2) is 6.61 Å². The number of nitrogens with zero attached hydrogens (tertiary/aromatic N) is 3. The molecular weight excluding hydrogens is 368 g/mol. The maximum absolute atomic E-state index is 13.0. The smallest absolute Gasteiger partial charge is 0.339 e. The third-order valence-corrected chi connectivity index (χ3v) is 5.04. The van der Waals surface area contributed by atoms with Gasteiger partial charge in [0.2, 0.25) is 0 Å². The largest absolute Gasteiger partial charge is 0.452 e. The number of likely N-dealkylation sites (N-methyl/N-ethyl adjacent to an activating group) is 1. The number of aryl methyl sites for hydroxylation is 1. The normalized spacial score (nSPS) is 13.7. The summed E-state index contributed by atoms with van der Waals surface area (Å²) in [5.74, 6) is -0.477. The molecule has 1 amide bonds. The van der Waals surface area contributed by atoms with Crippen molar-refractivity contribution in [3.05, 3.63) is 65.0 Å². The molecule has 3 aromatic rings. The van der Waals surface area contributed by atoms with Crippen molar-refractivity contribution in [2.24, 2.45) is 0 Å². The quantitative estimate of drug-likeness (QED) is 0.690. The number of anilines is 1. The maximum atomic E-state index is 13.0. The Balaban J connectivity index is 1.57. The summed E-state index contributed by atoms with van der Waals surface area (Å²) >= 11 is 0. The Morgan fingerprint density at radius 1 is 1.21 bits per heavy atom. The van der Waals surface area contributed by atoms with Gasteiger partial charge in [-0.15, -0.1) is 0 Å². The minimum atomic E-state index is -0.511. The summed E-state index contributed by atoms with van der Waals surface area (Å²) in [6, 6.07) is 11.2. The number of rotatable bonds is 4. The van der Waals surface area contributed by atoms with Gasteiger partial charge in [-0.1, -0.05) is 24.3 Å². The predicted octanol–water partition coefficient (Wildman–Crippen LogP) is 2.72. The van der Waals surface area contributed by atoms with Crippen molar-refractivity contribution in [1.82, 2.24) is 14.9 Å². The molecule has 0 radical (unpaired) electrons. The minimum absolute atomic E-state index is 0.379. The van der Waals surface area contributed by atoms with Crippen molar-refractivity contribution in [3.63, 3.8) is 0 Å².